The van der Waals surface area contributed by atoms with Crippen LogP contribution in [0.5, 0.6) is 5.75 Å². The number of hydrogen-bond donors (Lipinski definition) is 2. The highest BCUT2D eigenvalue weighted by Crippen LogP contribution is 2.18. The summed E-state index contributed by atoms with van der Waals surface area (Å²) in [5.41, 5.74) is 1.60. The van der Waals surface area contributed by atoms with E-state index in [2.05, 4.69) is 15.6 Å². The molecule has 0 radical (unpaired) electrons. The van der Waals surface area contributed by atoms with Crippen LogP contribution in [0.15, 0.2) is 39.7 Å². The summed E-state index contributed by atoms with van der Waals surface area (Å²) in [4.78, 5) is 42.5. The maximum atomic E-state index is 13.2. The van der Waals surface area contributed by atoms with Crippen molar-refractivity contribution >= 4 is 23.6 Å². The van der Waals surface area contributed by atoms with Crippen molar-refractivity contribution in [2.24, 2.45) is 0 Å². The number of oxazole rings is 1. The number of amides is 2. The molecular weight excluding hydrogens is 524 g/mol. The van der Waals surface area contributed by atoms with E-state index >= 15 is 0 Å². The van der Waals surface area contributed by atoms with Crippen molar-refractivity contribution in [2.75, 3.05) is 7.11 Å². The van der Waals surface area contributed by atoms with E-state index in [0.717, 1.165) is 22.6 Å². The predicted molar refractivity (Wildman–Crippen MR) is 147 cm³/mol. The normalized spacial score (nSPS) is 11.3. The van der Waals surface area contributed by atoms with E-state index in [0.29, 0.717) is 29.6 Å². The topological polar surface area (TPSA) is 125 Å². The van der Waals surface area contributed by atoms with Gasteiger partial charge in [-0.1, -0.05) is 17.7 Å². The van der Waals surface area contributed by atoms with E-state index in [1.54, 1.807) is 58.2 Å². The Labute approximate surface area is 232 Å². The molecule has 2 heterocycles. The van der Waals surface area contributed by atoms with Crippen LogP contribution < -0.4 is 20.9 Å². The summed E-state index contributed by atoms with van der Waals surface area (Å²) < 4.78 is 17.6. The van der Waals surface area contributed by atoms with E-state index in [9.17, 15) is 14.4 Å². The average Bonchev–Trinajstić information content (AvgIpc) is 3.18. The third-order valence-corrected chi connectivity index (χ3v) is 6.07. The Morgan fingerprint density at radius 3 is 2.46 bits per heavy atom. The molecule has 39 heavy (non-hydrogen) atoms. The van der Waals surface area contributed by atoms with E-state index in [1.807, 2.05) is 6.92 Å². The molecule has 0 spiro atoms. The van der Waals surface area contributed by atoms with Crippen molar-refractivity contribution in [3.05, 3.63) is 79.9 Å². The van der Waals surface area contributed by atoms with E-state index in [-0.39, 0.29) is 36.5 Å². The minimum Gasteiger partial charge on any atom is -0.496 e. The van der Waals surface area contributed by atoms with Gasteiger partial charge in [0.1, 0.15) is 17.1 Å². The molecule has 11 heteroatoms. The van der Waals surface area contributed by atoms with E-state index in [4.69, 9.17) is 25.5 Å². The Morgan fingerprint density at radius 2 is 1.82 bits per heavy atom. The first-order valence-electron chi connectivity index (χ1n) is 12.6. The second-order valence-corrected chi connectivity index (χ2v) is 10.5. The molecular formula is C28H35ClN4O6. The van der Waals surface area contributed by atoms with Crippen molar-refractivity contribution in [3.8, 4) is 5.75 Å². The third-order valence-electron chi connectivity index (χ3n) is 5.84. The first kappa shape index (κ1) is 29.8. The van der Waals surface area contributed by atoms with Gasteiger partial charge in [0.2, 0.25) is 5.91 Å². The van der Waals surface area contributed by atoms with Crippen molar-refractivity contribution in [2.45, 2.75) is 72.7 Å². The molecule has 0 atom stereocenters. The molecule has 0 aliphatic heterocycles. The minimum atomic E-state index is -0.619. The molecule has 3 aromatic rings. The lowest BCUT2D eigenvalue weighted by atomic mass is 10.1. The van der Waals surface area contributed by atoms with Gasteiger partial charge in [-0.15, -0.1) is 0 Å². The summed E-state index contributed by atoms with van der Waals surface area (Å²) in [7, 11) is 1.46. The zero-order chi connectivity index (χ0) is 28.7. The standard InChI is InChI=1S/C28H35ClN4O6/c1-17-23(32-18(2)38-17)9-11-33-12-10-24(37-6)22(26(33)35)14-25(34)30-16-20-13-21(29)8-7-19(20)15-31-27(36)39-28(3,4)5/h7-8,10,12-13H,9,11,14-16H2,1-6H3,(H,30,34)(H,31,36). The van der Waals surface area contributed by atoms with Crippen LogP contribution in [0.1, 0.15) is 54.8 Å². The molecule has 0 unspecified atom stereocenters. The monoisotopic (exact) mass is 558 g/mol. The lowest BCUT2D eigenvalue weighted by Gasteiger charge is -2.20. The molecule has 2 aromatic heterocycles. The quantitative estimate of drug-likeness (QED) is 0.381. The van der Waals surface area contributed by atoms with Crippen molar-refractivity contribution < 1.29 is 23.5 Å². The number of benzene rings is 1. The lowest BCUT2D eigenvalue weighted by Crippen LogP contribution is -2.33. The van der Waals surface area contributed by atoms with Crippen LogP contribution in [-0.4, -0.2) is 34.3 Å². The number of pyridine rings is 1. The van der Waals surface area contributed by atoms with Gasteiger partial charge in [0, 0.05) is 44.2 Å². The van der Waals surface area contributed by atoms with Crippen LogP contribution in [0.4, 0.5) is 4.79 Å². The number of nitrogens with one attached hydrogen (secondary N) is 2. The summed E-state index contributed by atoms with van der Waals surface area (Å²) in [6.45, 7) is 9.68. The fourth-order valence-electron chi connectivity index (χ4n) is 4.00. The minimum absolute atomic E-state index is 0.152. The number of ether oxygens (including phenoxy) is 2. The Hall–Kier alpha value is -3.79. The highest BCUT2D eigenvalue weighted by molar-refractivity contribution is 6.30. The first-order chi connectivity index (χ1) is 18.4. The van der Waals surface area contributed by atoms with E-state index in [1.165, 1.54) is 11.7 Å². The zero-order valence-electron chi connectivity index (χ0n) is 23.1. The number of alkyl carbamates (subject to hydrolysis) is 1. The third kappa shape index (κ3) is 8.61. The Morgan fingerprint density at radius 1 is 1.10 bits per heavy atom. The first-order valence-corrected chi connectivity index (χ1v) is 12.9. The zero-order valence-corrected chi connectivity index (χ0v) is 23.9. The number of carbonyl (C=O) groups is 2. The largest absolute Gasteiger partial charge is 0.496 e. The molecule has 0 saturated carbocycles. The van der Waals surface area contributed by atoms with E-state index < -0.39 is 11.7 Å². The average molecular weight is 559 g/mol. The van der Waals surface area contributed by atoms with Gasteiger partial charge < -0.3 is 29.1 Å². The van der Waals surface area contributed by atoms with Crippen LogP contribution in [0.3, 0.4) is 0 Å². The predicted octanol–water partition coefficient (Wildman–Crippen LogP) is 4.24. The fraction of sp³-hybridized carbons (Fsp3) is 0.429. The second-order valence-electron chi connectivity index (χ2n) is 10.1. The van der Waals surface area contributed by atoms with Gasteiger partial charge in [0.05, 0.1) is 24.8 Å². The Bertz CT molecular complexity index is 1390. The number of hydrogen-bond acceptors (Lipinski definition) is 7. The molecule has 0 bridgehead atoms. The molecule has 10 nitrogen and oxygen atoms in total. The number of nitrogens with zero attached hydrogens (tertiary/aromatic N) is 2. The van der Waals surface area contributed by atoms with Crippen LogP contribution in [0.2, 0.25) is 5.02 Å². The van der Waals surface area contributed by atoms with Crippen LogP contribution in [0, 0.1) is 13.8 Å². The summed E-state index contributed by atoms with van der Waals surface area (Å²) in [6, 6.07) is 6.87. The highest BCUT2D eigenvalue weighted by Gasteiger charge is 2.18. The summed E-state index contributed by atoms with van der Waals surface area (Å²) in [5, 5.41) is 6.04. The Kier molecular flexibility index (Phi) is 9.80. The van der Waals surface area contributed by atoms with Gasteiger partial charge in [0.25, 0.3) is 5.56 Å². The maximum Gasteiger partial charge on any atom is 0.407 e. The van der Waals surface area contributed by atoms with Crippen molar-refractivity contribution in [1.29, 1.82) is 0 Å². The Balaban J connectivity index is 1.67. The summed E-state index contributed by atoms with van der Waals surface area (Å²) >= 11 is 6.18. The van der Waals surface area contributed by atoms with Gasteiger partial charge in [-0.25, -0.2) is 9.78 Å². The van der Waals surface area contributed by atoms with Crippen molar-refractivity contribution in [3.63, 3.8) is 0 Å². The van der Waals surface area contributed by atoms with Crippen LogP contribution >= 0.6 is 11.6 Å². The van der Waals surface area contributed by atoms with Crippen LogP contribution in [0.25, 0.3) is 0 Å². The number of aryl methyl sites for hydroxylation is 4. The molecule has 1 aromatic carbocycles. The lowest BCUT2D eigenvalue weighted by molar-refractivity contribution is -0.120. The van der Waals surface area contributed by atoms with Gasteiger partial charge in [-0.05, 0) is 57.0 Å². The summed E-state index contributed by atoms with van der Waals surface area (Å²) in [6.07, 6.45) is 1.43. The molecule has 2 amide bonds. The van der Waals surface area contributed by atoms with Gasteiger partial charge >= 0.3 is 6.09 Å². The number of aromatic nitrogens is 2. The second kappa shape index (κ2) is 12.8. The molecule has 0 aliphatic carbocycles. The number of rotatable bonds is 10. The molecule has 0 saturated heterocycles. The number of methoxy groups -OCH3 is 1. The summed E-state index contributed by atoms with van der Waals surface area (Å²) in [5.74, 6) is 1.27. The van der Waals surface area contributed by atoms with Crippen molar-refractivity contribution in [1.82, 2.24) is 20.2 Å². The van der Waals surface area contributed by atoms with Gasteiger partial charge in [-0.3, -0.25) is 9.59 Å². The SMILES string of the molecule is COc1ccn(CCc2nc(C)oc2C)c(=O)c1CC(=O)NCc1cc(Cl)ccc1CNC(=O)OC(C)(C)C. The molecule has 0 aliphatic rings. The molecule has 210 valence electrons. The van der Waals surface area contributed by atoms with Crippen LogP contribution in [-0.2, 0) is 42.0 Å². The molecule has 0 fully saturated rings. The smallest absolute Gasteiger partial charge is 0.407 e. The fourth-order valence-corrected chi connectivity index (χ4v) is 4.19. The number of carbonyl (C=O) groups excluding carboxylic acids is 2. The van der Waals surface area contributed by atoms with Gasteiger partial charge in [0.15, 0.2) is 5.89 Å². The number of halogens is 1. The maximum absolute atomic E-state index is 13.2. The molecule has 2 N–H and O–H groups in total. The molecule has 3 rings (SSSR count). The highest BCUT2D eigenvalue weighted by atomic mass is 35.5. The van der Waals surface area contributed by atoms with Gasteiger partial charge in [-0.2, -0.15) is 0 Å².